The summed E-state index contributed by atoms with van der Waals surface area (Å²) in [6.45, 7) is 12.5. The quantitative estimate of drug-likeness (QED) is 0.555. The molecule has 0 bridgehead atoms. The van der Waals surface area contributed by atoms with Crippen LogP contribution in [-0.4, -0.2) is 19.0 Å². The number of terminal acetylenes is 1. The van der Waals surface area contributed by atoms with Crippen molar-refractivity contribution in [1.29, 1.82) is 0 Å². The van der Waals surface area contributed by atoms with Crippen LogP contribution in [0, 0.1) is 18.3 Å². The molecule has 1 aromatic carbocycles. The fourth-order valence-corrected chi connectivity index (χ4v) is 3.73. The van der Waals surface area contributed by atoms with Gasteiger partial charge >= 0.3 is 0 Å². The fourth-order valence-electron chi connectivity index (χ4n) is 2.60. The van der Waals surface area contributed by atoms with Gasteiger partial charge in [0.25, 0.3) is 0 Å². The van der Waals surface area contributed by atoms with Gasteiger partial charge in [0.05, 0.1) is 11.4 Å². The molecule has 1 heterocycles. The lowest BCUT2D eigenvalue weighted by molar-refractivity contribution is 0.287. The minimum Gasteiger partial charge on any atom is -0.365 e. The smallest absolute Gasteiger partial charge is 0.0940 e. The van der Waals surface area contributed by atoms with Crippen molar-refractivity contribution in [2.45, 2.75) is 19.4 Å². The van der Waals surface area contributed by atoms with Gasteiger partial charge in [0, 0.05) is 30.5 Å². The third kappa shape index (κ3) is 3.97. The van der Waals surface area contributed by atoms with Crippen molar-refractivity contribution in [1.82, 2.24) is 10.2 Å². The molecule has 2 atom stereocenters. The molecule has 2 aromatic rings. The van der Waals surface area contributed by atoms with Gasteiger partial charge in [0.2, 0.25) is 0 Å². The number of nitrogens with zero attached hydrogens (tertiary/aromatic N) is 1. The first-order valence-electron chi connectivity index (χ1n) is 8.25. The molecular weight excluding hydrogens is 324 g/mol. The van der Waals surface area contributed by atoms with E-state index < -0.39 is 0 Å². The highest BCUT2D eigenvalue weighted by molar-refractivity contribution is 7.10. The molecule has 0 saturated carbocycles. The lowest BCUT2D eigenvalue weighted by atomic mass is 9.85. The standard InChI is InChI=1S/C22H26N2S/c1-8-16(3)22(5,23-17(4)24(6)7)21-14-20(15-25-21)19-12-10-11-18(9-2)13-19/h2,8,10-16,23H,1,4H2,3,5-7H3/t16?,22-/m0/s1. The first-order valence-corrected chi connectivity index (χ1v) is 9.12. The monoisotopic (exact) mass is 350 g/mol. The van der Waals surface area contributed by atoms with Crippen LogP contribution in [0.1, 0.15) is 24.3 Å². The lowest BCUT2D eigenvalue weighted by Gasteiger charge is -2.37. The van der Waals surface area contributed by atoms with Gasteiger partial charge in [-0.25, -0.2) is 0 Å². The molecule has 2 nitrogen and oxygen atoms in total. The third-order valence-corrected chi connectivity index (χ3v) is 5.85. The molecule has 25 heavy (non-hydrogen) atoms. The molecule has 3 heteroatoms. The molecular formula is C22H26N2S. The zero-order chi connectivity index (χ0) is 18.6. The van der Waals surface area contributed by atoms with Crippen LogP contribution in [0.5, 0.6) is 0 Å². The second-order valence-electron chi connectivity index (χ2n) is 6.62. The van der Waals surface area contributed by atoms with Crippen molar-refractivity contribution >= 4 is 11.3 Å². The minimum absolute atomic E-state index is 0.229. The van der Waals surface area contributed by atoms with Crippen LogP contribution in [0.3, 0.4) is 0 Å². The second-order valence-corrected chi connectivity index (χ2v) is 7.53. The van der Waals surface area contributed by atoms with Crippen LogP contribution in [0.25, 0.3) is 11.1 Å². The van der Waals surface area contributed by atoms with Crippen molar-refractivity contribution < 1.29 is 0 Å². The molecule has 0 aliphatic rings. The Kier molecular flexibility index (Phi) is 5.77. The van der Waals surface area contributed by atoms with Crippen molar-refractivity contribution in [3.63, 3.8) is 0 Å². The summed E-state index contributed by atoms with van der Waals surface area (Å²) in [5.74, 6) is 3.81. The molecule has 0 aliphatic heterocycles. The van der Waals surface area contributed by atoms with Gasteiger partial charge in [-0.1, -0.05) is 37.6 Å². The Morgan fingerprint density at radius 2 is 2.08 bits per heavy atom. The molecule has 1 unspecified atom stereocenters. The van der Waals surface area contributed by atoms with E-state index >= 15 is 0 Å². The average molecular weight is 351 g/mol. The van der Waals surface area contributed by atoms with E-state index in [0.717, 1.165) is 16.9 Å². The fraction of sp³-hybridized carbons (Fsp3) is 0.273. The van der Waals surface area contributed by atoms with Gasteiger partial charge in [0.1, 0.15) is 0 Å². The van der Waals surface area contributed by atoms with Gasteiger partial charge < -0.3 is 10.2 Å². The molecule has 1 aromatic heterocycles. The Bertz CT molecular complexity index is 809. The Balaban J connectivity index is 2.43. The Morgan fingerprint density at radius 3 is 2.68 bits per heavy atom. The SMILES string of the molecule is C#Cc1cccc(-c2csc([C@@](C)(NC(=C)N(C)C)C(C)C=C)c2)c1. The minimum atomic E-state index is -0.282. The van der Waals surface area contributed by atoms with Crippen molar-refractivity contribution in [3.8, 4) is 23.5 Å². The lowest BCUT2D eigenvalue weighted by Crippen LogP contribution is -2.45. The van der Waals surface area contributed by atoms with Gasteiger partial charge in [-0.05, 0) is 41.6 Å². The summed E-state index contributed by atoms with van der Waals surface area (Å²) in [4.78, 5) is 3.22. The molecule has 130 valence electrons. The Hall–Kier alpha value is -2.44. The number of hydrogen-bond acceptors (Lipinski definition) is 3. The number of thiophene rings is 1. The zero-order valence-electron chi connectivity index (χ0n) is 15.5. The average Bonchev–Trinajstić information content (AvgIpc) is 3.11. The predicted molar refractivity (Wildman–Crippen MR) is 110 cm³/mol. The second kappa shape index (κ2) is 7.63. The van der Waals surface area contributed by atoms with Crippen molar-refractivity contribution in [3.05, 3.63) is 71.2 Å². The van der Waals surface area contributed by atoms with Gasteiger partial charge in [-0.2, -0.15) is 0 Å². The molecule has 0 radical (unpaired) electrons. The van der Waals surface area contributed by atoms with Gasteiger partial charge in [-0.3, -0.25) is 0 Å². The van der Waals surface area contributed by atoms with Gasteiger partial charge in [0.15, 0.2) is 0 Å². The molecule has 2 rings (SSSR count). The van der Waals surface area contributed by atoms with E-state index in [1.807, 2.05) is 43.3 Å². The first kappa shape index (κ1) is 18.9. The third-order valence-electron chi connectivity index (χ3n) is 4.68. The first-order chi connectivity index (χ1) is 11.8. The zero-order valence-corrected chi connectivity index (χ0v) is 16.3. The summed E-state index contributed by atoms with van der Waals surface area (Å²) in [6.07, 6.45) is 7.51. The molecule has 0 aliphatic carbocycles. The maximum absolute atomic E-state index is 5.53. The molecule has 0 amide bonds. The van der Waals surface area contributed by atoms with Crippen LogP contribution in [0.2, 0.25) is 0 Å². The Labute approximate surface area is 155 Å². The summed E-state index contributed by atoms with van der Waals surface area (Å²) in [5.41, 5.74) is 2.93. The molecule has 1 N–H and O–H groups in total. The molecule has 0 saturated heterocycles. The van der Waals surface area contributed by atoms with E-state index in [4.69, 9.17) is 6.42 Å². The van der Waals surface area contributed by atoms with E-state index in [1.54, 1.807) is 11.3 Å². The number of nitrogens with one attached hydrogen (secondary N) is 1. The summed E-state index contributed by atoms with van der Waals surface area (Å²) in [7, 11) is 3.97. The number of hydrogen-bond donors (Lipinski definition) is 1. The van der Waals surface area contributed by atoms with Crippen LogP contribution in [0.15, 0.2) is 60.8 Å². The van der Waals surface area contributed by atoms with E-state index in [9.17, 15) is 0 Å². The maximum atomic E-state index is 5.53. The summed E-state index contributed by atoms with van der Waals surface area (Å²) in [6, 6.07) is 10.3. The van der Waals surface area contributed by atoms with Crippen LogP contribution in [-0.2, 0) is 5.54 Å². The van der Waals surface area contributed by atoms with Gasteiger partial charge in [-0.15, -0.1) is 24.3 Å². The van der Waals surface area contributed by atoms with Crippen LogP contribution in [0.4, 0.5) is 0 Å². The van der Waals surface area contributed by atoms with E-state index in [0.29, 0.717) is 0 Å². The summed E-state index contributed by atoms with van der Waals surface area (Å²) in [5, 5.41) is 5.77. The Morgan fingerprint density at radius 1 is 1.36 bits per heavy atom. The van der Waals surface area contributed by atoms with Crippen LogP contribution < -0.4 is 5.32 Å². The summed E-state index contributed by atoms with van der Waals surface area (Å²) >= 11 is 1.74. The normalized spacial score (nSPS) is 14.0. The molecule has 0 fully saturated rings. The largest absolute Gasteiger partial charge is 0.365 e. The highest BCUT2D eigenvalue weighted by Crippen LogP contribution is 2.38. The van der Waals surface area contributed by atoms with Crippen molar-refractivity contribution in [2.24, 2.45) is 5.92 Å². The van der Waals surface area contributed by atoms with E-state index in [-0.39, 0.29) is 11.5 Å². The maximum Gasteiger partial charge on any atom is 0.0940 e. The van der Waals surface area contributed by atoms with Crippen molar-refractivity contribution in [2.75, 3.05) is 14.1 Å². The van der Waals surface area contributed by atoms with E-state index in [1.165, 1.54) is 10.4 Å². The number of benzene rings is 1. The molecule has 0 spiro atoms. The predicted octanol–water partition coefficient (Wildman–Crippen LogP) is 5.06. The summed E-state index contributed by atoms with van der Waals surface area (Å²) < 4.78 is 0. The number of rotatable bonds is 7. The highest BCUT2D eigenvalue weighted by atomic mass is 32.1. The van der Waals surface area contributed by atoms with Crippen LogP contribution >= 0.6 is 11.3 Å². The van der Waals surface area contributed by atoms with E-state index in [2.05, 4.69) is 55.8 Å². The topological polar surface area (TPSA) is 15.3 Å². The highest BCUT2D eigenvalue weighted by Gasteiger charge is 2.33.